The van der Waals surface area contributed by atoms with Crippen LogP contribution in [0.2, 0.25) is 0 Å². The first kappa shape index (κ1) is 12.4. The van der Waals surface area contributed by atoms with E-state index in [9.17, 15) is 4.79 Å². The molecule has 16 heavy (non-hydrogen) atoms. The van der Waals surface area contributed by atoms with Crippen LogP contribution in [0.5, 0.6) is 0 Å². The van der Waals surface area contributed by atoms with E-state index in [1.54, 1.807) is 13.1 Å². The molecule has 88 valence electrons. The lowest BCUT2D eigenvalue weighted by atomic mass is 10.2. The van der Waals surface area contributed by atoms with Crippen molar-refractivity contribution in [2.24, 2.45) is 5.84 Å². The summed E-state index contributed by atoms with van der Waals surface area (Å²) in [6, 6.07) is 1.69. The van der Waals surface area contributed by atoms with Gasteiger partial charge in [0, 0.05) is 25.5 Å². The van der Waals surface area contributed by atoms with Gasteiger partial charge >= 0.3 is 0 Å². The maximum atomic E-state index is 11.9. The molecule has 0 saturated carbocycles. The number of aliphatic hydroxyl groups is 1. The van der Waals surface area contributed by atoms with Crippen LogP contribution in [0.4, 0.5) is 5.69 Å². The molecular weight excluding hydrogens is 208 g/mol. The van der Waals surface area contributed by atoms with Gasteiger partial charge in [0.2, 0.25) is 0 Å². The number of aromatic nitrogens is 1. The second kappa shape index (κ2) is 5.43. The first-order chi connectivity index (χ1) is 7.60. The minimum Gasteiger partial charge on any atom is -0.395 e. The highest BCUT2D eigenvalue weighted by Gasteiger charge is 2.15. The minimum atomic E-state index is -0.227. The molecule has 0 aromatic carbocycles. The van der Waals surface area contributed by atoms with Gasteiger partial charge in [0.05, 0.1) is 17.9 Å². The summed E-state index contributed by atoms with van der Waals surface area (Å²) < 4.78 is 0. The molecule has 1 amide bonds. The smallest absolute Gasteiger partial charge is 0.257 e. The lowest BCUT2D eigenvalue weighted by Gasteiger charge is -2.17. The lowest BCUT2D eigenvalue weighted by molar-refractivity contribution is 0.0767. The van der Waals surface area contributed by atoms with Crippen LogP contribution in [0.1, 0.15) is 16.1 Å². The molecule has 4 N–H and O–H groups in total. The number of nitrogen functional groups attached to an aromatic ring is 1. The second-order valence-electron chi connectivity index (χ2n) is 3.47. The predicted octanol–water partition coefficient (Wildman–Crippen LogP) is -0.260. The molecule has 0 spiro atoms. The molecule has 0 aliphatic rings. The number of carbonyl (C=O) groups excluding carboxylic acids is 1. The Kier molecular flexibility index (Phi) is 4.21. The van der Waals surface area contributed by atoms with Gasteiger partial charge in [0.25, 0.3) is 5.91 Å². The van der Waals surface area contributed by atoms with Gasteiger partial charge in [-0.25, -0.2) is 0 Å². The van der Waals surface area contributed by atoms with Gasteiger partial charge in [-0.15, -0.1) is 0 Å². The summed E-state index contributed by atoms with van der Waals surface area (Å²) in [4.78, 5) is 17.4. The van der Waals surface area contributed by atoms with E-state index in [-0.39, 0.29) is 19.1 Å². The Morgan fingerprint density at radius 3 is 2.94 bits per heavy atom. The maximum absolute atomic E-state index is 11.9. The van der Waals surface area contributed by atoms with E-state index in [1.807, 2.05) is 6.92 Å². The zero-order chi connectivity index (χ0) is 12.1. The van der Waals surface area contributed by atoms with Gasteiger partial charge in [-0.3, -0.25) is 15.6 Å². The summed E-state index contributed by atoms with van der Waals surface area (Å²) in [5.41, 5.74) is 4.16. The summed E-state index contributed by atoms with van der Waals surface area (Å²) in [5, 5.41) is 8.75. The Morgan fingerprint density at radius 2 is 2.38 bits per heavy atom. The van der Waals surface area contributed by atoms with Crippen molar-refractivity contribution in [2.45, 2.75) is 6.92 Å². The Bertz CT molecular complexity index is 381. The molecule has 1 aromatic heterocycles. The van der Waals surface area contributed by atoms with Crippen molar-refractivity contribution in [3.63, 3.8) is 0 Å². The SMILES string of the molecule is Cc1cc(NN)c(C(=O)N(C)CCO)cn1. The molecule has 0 aliphatic heterocycles. The van der Waals surface area contributed by atoms with Crippen molar-refractivity contribution in [2.75, 3.05) is 25.6 Å². The van der Waals surface area contributed by atoms with Crippen molar-refractivity contribution < 1.29 is 9.90 Å². The molecule has 0 saturated heterocycles. The third kappa shape index (κ3) is 2.68. The number of rotatable bonds is 4. The fourth-order valence-corrected chi connectivity index (χ4v) is 1.31. The molecule has 6 nitrogen and oxygen atoms in total. The monoisotopic (exact) mass is 224 g/mol. The van der Waals surface area contributed by atoms with E-state index < -0.39 is 0 Å². The van der Waals surface area contributed by atoms with E-state index in [2.05, 4.69) is 10.4 Å². The highest BCUT2D eigenvalue weighted by molar-refractivity contribution is 5.99. The Labute approximate surface area is 94.1 Å². The third-order valence-electron chi connectivity index (χ3n) is 2.21. The molecule has 1 rings (SSSR count). The molecule has 1 aromatic rings. The number of likely N-dealkylation sites (N-methyl/N-ethyl adjacent to an activating group) is 1. The largest absolute Gasteiger partial charge is 0.395 e. The number of aliphatic hydroxyl groups excluding tert-OH is 1. The summed E-state index contributed by atoms with van der Waals surface area (Å²) in [7, 11) is 1.61. The van der Waals surface area contributed by atoms with Crippen LogP contribution in [-0.4, -0.2) is 41.1 Å². The van der Waals surface area contributed by atoms with Gasteiger partial charge < -0.3 is 15.4 Å². The molecular formula is C10H16N4O2. The number of pyridine rings is 1. The predicted molar refractivity (Wildman–Crippen MR) is 60.8 cm³/mol. The summed E-state index contributed by atoms with van der Waals surface area (Å²) in [5.74, 6) is 5.11. The molecule has 0 atom stereocenters. The lowest BCUT2D eigenvalue weighted by Crippen LogP contribution is -2.30. The topological polar surface area (TPSA) is 91.5 Å². The number of carbonyl (C=O) groups is 1. The first-order valence-corrected chi connectivity index (χ1v) is 4.89. The van der Waals surface area contributed by atoms with Gasteiger partial charge in [-0.05, 0) is 13.0 Å². The number of nitrogens with one attached hydrogen (secondary N) is 1. The van der Waals surface area contributed by atoms with Gasteiger partial charge in [0.1, 0.15) is 0 Å². The average molecular weight is 224 g/mol. The Balaban J connectivity index is 2.98. The van der Waals surface area contributed by atoms with Gasteiger partial charge in [-0.1, -0.05) is 0 Å². The van der Waals surface area contributed by atoms with Crippen LogP contribution < -0.4 is 11.3 Å². The van der Waals surface area contributed by atoms with Crippen LogP contribution in [-0.2, 0) is 0 Å². The van der Waals surface area contributed by atoms with E-state index in [1.165, 1.54) is 11.1 Å². The van der Waals surface area contributed by atoms with Crippen LogP contribution in [0.3, 0.4) is 0 Å². The number of hydrazine groups is 1. The number of nitrogens with two attached hydrogens (primary N) is 1. The number of aryl methyl sites for hydroxylation is 1. The van der Waals surface area contributed by atoms with Crippen molar-refractivity contribution in [1.29, 1.82) is 0 Å². The molecule has 0 aliphatic carbocycles. The van der Waals surface area contributed by atoms with Crippen molar-refractivity contribution >= 4 is 11.6 Å². The zero-order valence-electron chi connectivity index (χ0n) is 9.40. The first-order valence-electron chi connectivity index (χ1n) is 4.89. The van der Waals surface area contributed by atoms with E-state index in [0.29, 0.717) is 11.3 Å². The number of amides is 1. The van der Waals surface area contributed by atoms with Gasteiger partial charge in [0.15, 0.2) is 0 Å². The highest BCUT2D eigenvalue weighted by Crippen LogP contribution is 2.15. The fourth-order valence-electron chi connectivity index (χ4n) is 1.31. The molecule has 0 unspecified atom stereocenters. The summed E-state index contributed by atoms with van der Waals surface area (Å²) in [6.45, 7) is 2.01. The van der Waals surface area contributed by atoms with E-state index >= 15 is 0 Å². The Morgan fingerprint density at radius 1 is 1.69 bits per heavy atom. The minimum absolute atomic E-state index is 0.0765. The highest BCUT2D eigenvalue weighted by atomic mass is 16.3. The van der Waals surface area contributed by atoms with E-state index in [0.717, 1.165) is 5.69 Å². The van der Waals surface area contributed by atoms with Crippen LogP contribution in [0.25, 0.3) is 0 Å². The number of nitrogens with zero attached hydrogens (tertiary/aromatic N) is 2. The number of hydrogen-bond donors (Lipinski definition) is 3. The van der Waals surface area contributed by atoms with Crippen LogP contribution >= 0.6 is 0 Å². The molecule has 0 fully saturated rings. The molecule has 6 heteroatoms. The third-order valence-corrected chi connectivity index (χ3v) is 2.21. The molecule has 1 heterocycles. The van der Waals surface area contributed by atoms with Crippen molar-refractivity contribution in [1.82, 2.24) is 9.88 Å². The van der Waals surface area contributed by atoms with Crippen LogP contribution in [0, 0.1) is 6.92 Å². The van der Waals surface area contributed by atoms with Crippen molar-refractivity contribution in [3.8, 4) is 0 Å². The zero-order valence-corrected chi connectivity index (χ0v) is 9.40. The Hall–Kier alpha value is -1.66. The standard InChI is InChI=1S/C10H16N4O2/c1-7-5-9(13-11)8(6-12-7)10(16)14(2)3-4-15/h5-6,15H,3-4,11H2,1-2H3,(H,12,13). The van der Waals surface area contributed by atoms with E-state index in [4.69, 9.17) is 10.9 Å². The summed E-state index contributed by atoms with van der Waals surface area (Å²) >= 11 is 0. The number of anilines is 1. The van der Waals surface area contributed by atoms with Crippen molar-refractivity contribution in [3.05, 3.63) is 23.5 Å². The number of hydrogen-bond acceptors (Lipinski definition) is 5. The summed E-state index contributed by atoms with van der Waals surface area (Å²) in [6.07, 6.45) is 1.47. The molecule has 0 bridgehead atoms. The van der Waals surface area contributed by atoms with Crippen LogP contribution in [0.15, 0.2) is 12.3 Å². The maximum Gasteiger partial charge on any atom is 0.257 e. The molecule has 0 radical (unpaired) electrons. The van der Waals surface area contributed by atoms with Gasteiger partial charge in [-0.2, -0.15) is 0 Å². The fraction of sp³-hybridized carbons (Fsp3) is 0.400. The quantitative estimate of drug-likeness (QED) is 0.484. The normalized spacial score (nSPS) is 10.0. The average Bonchev–Trinajstić information content (AvgIpc) is 2.28. The second-order valence-corrected chi connectivity index (χ2v) is 3.47.